The van der Waals surface area contributed by atoms with Crippen molar-refractivity contribution in [3.63, 3.8) is 0 Å². The highest BCUT2D eigenvalue weighted by molar-refractivity contribution is 7.26. The molecular formula is C52H33NS. The summed E-state index contributed by atoms with van der Waals surface area (Å²) in [5.41, 5.74) is 8.33. The van der Waals surface area contributed by atoms with E-state index in [-0.39, 0.29) is 0 Å². The van der Waals surface area contributed by atoms with Crippen LogP contribution < -0.4 is 4.90 Å². The molecule has 11 aromatic rings. The molecule has 10 aromatic carbocycles. The zero-order chi connectivity index (χ0) is 35.6. The molecule has 0 aliphatic carbocycles. The number of hydrogen-bond acceptors (Lipinski definition) is 2. The third kappa shape index (κ3) is 4.92. The van der Waals surface area contributed by atoms with Gasteiger partial charge in [0, 0.05) is 31.5 Å². The second-order valence-electron chi connectivity index (χ2n) is 14.1. The van der Waals surface area contributed by atoms with Crippen molar-refractivity contribution in [3.8, 4) is 22.3 Å². The van der Waals surface area contributed by atoms with Gasteiger partial charge >= 0.3 is 0 Å². The fourth-order valence-corrected chi connectivity index (χ4v) is 9.67. The summed E-state index contributed by atoms with van der Waals surface area (Å²) in [7, 11) is 0. The van der Waals surface area contributed by atoms with E-state index in [9.17, 15) is 0 Å². The Morgan fingerprint density at radius 2 is 0.796 bits per heavy atom. The molecule has 0 fully saturated rings. The van der Waals surface area contributed by atoms with Crippen LogP contribution in [0, 0.1) is 0 Å². The molecule has 0 N–H and O–H groups in total. The molecule has 0 bridgehead atoms. The standard InChI is InChI=1S/C52H33NS/c1-3-14-42-34(10-1)12-7-17-43(42)36-26-30-40(31-27-36)53(47-19-9-21-49-52(47)46-16-5-6-20-48(46)54-49)41-32-28-37(29-33-41)45-18-8-13-38-24-25-39-23-22-35-11-2-4-15-44(35)51(39)50(38)45/h1-33H. The maximum atomic E-state index is 2.43. The van der Waals surface area contributed by atoms with Crippen LogP contribution >= 0.6 is 11.3 Å². The summed E-state index contributed by atoms with van der Waals surface area (Å²) in [6.45, 7) is 0. The maximum absolute atomic E-state index is 2.43. The molecule has 0 amide bonds. The minimum absolute atomic E-state index is 1.12. The molecule has 0 saturated heterocycles. The molecule has 1 heterocycles. The first kappa shape index (κ1) is 30.8. The summed E-state index contributed by atoms with van der Waals surface area (Å²) in [6.07, 6.45) is 0. The molecule has 252 valence electrons. The molecule has 0 saturated carbocycles. The van der Waals surface area contributed by atoms with Gasteiger partial charge in [-0.3, -0.25) is 0 Å². The van der Waals surface area contributed by atoms with Gasteiger partial charge in [0.15, 0.2) is 0 Å². The molecule has 0 spiro atoms. The zero-order valence-corrected chi connectivity index (χ0v) is 30.2. The molecule has 1 aromatic heterocycles. The van der Waals surface area contributed by atoms with Crippen LogP contribution in [0.3, 0.4) is 0 Å². The van der Waals surface area contributed by atoms with E-state index in [2.05, 4.69) is 205 Å². The highest BCUT2D eigenvalue weighted by Crippen LogP contribution is 2.46. The Morgan fingerprint density at radius 3 is 1.54 bits per heavy atom. The monoisotopic (exact) mass is 703 g/mol. The SMILES string of the molecule is c1ccc2c(-c3ccc(N(c4ccc(-c5cccc6ccc7ccc8ccccc8c7c56)cc4)c4cccc5sc6ccccc6c45)cc3)cccc2c1. The number of nitrogens with zero attached hydrogens (tertiary/aromatic N) is 1. The Bertz CT molecular complexity index is 3200. The van der Waals surface area contributed by atoms with E-state index in [1.165, 1.54) is 91.2 Å². The highest BCUT2D eigenvalue weighted by atomic mass is 32.1. The van der Waals surface area contributed by atoms with Gasteiger partial charge in [-0.25, -0.2) is 0 Å². The first-order valence-electron chi connectivity index (χ1n) is 18.5. The van der Waals surface area contributed by atoms with Crippen LogP contribution in [0.25, 0.3) is 85.5 Å². The van der Waals surface area contributed by atoms with E-state index in [4.69, 9.17) is 0 Å². The first-order chi connectivity index (χ1) is 26.8. The van der Waals surface area contributed by atoms with Gasteiger partial charge in [-0.2, -0.15) is 0 Å². The number of fused-ring (bicyclic) bond motifs is 9. The highest BCUT2D eigenvalue weighted by Gasteiger charge is 2.19. The van der Waals surface area contributed by atoms with Crippen molar-refractivity contribution in [3.05, 3.63) is 200 Å². The molecule has 0 aliphatic heterocycles. The molecule has 0 unspecified atom stereocenters. The molecule has 0 radical (unpaired) electrons. The summed E-state index contributed by atoms with van der Waals surface area (Å²) >= 11 is 1.86. The van der Waals surface area contributed by atoms with E-state index < -0.39 is 0 Å². The van der Waals surface area contributed by atoms with Gasteiger partial charge in [0.1, 0.15) is 0 Å². The Balaban J connectivity index is 1.09. The molecule has 0 atom stereocenters. The molecule has 1 nitrogen and oxygen atoms in total. The Morgan fingerprint density at radius 1 is 0.296 bits per heavy atom. The lowest BCUT2D eigenvalue weighted by Gasteiger charge is -2.27. The summed E-state index contributed by atoms with van der Waals surface area (Å²) in [5, 5.41) is 12.8. The lowest BCUT2D eigenvalue weighted by molar-refractivity contribution is 1.30. The summed E-state index contributed by atoms with van der Waals surface area (Å²) < 4.78 is 2.59. The van der Waals surface area contributed by atoms with Gasteiger partial charge in [0.2, 0.25) is 0 Å². The number of thiophene rings is 1. The zero-order valence-electron chi connectivity index (χ0n) is 29.4. The molecule has 0 aliphatic rings. The van der Waals surface area contributed by atoms with Crippen molar-refractivity contribution in [1.29, 1.82) is 0 Å². The average molecular weight is 704 g/mol. The minimum atomic E-state index is 1.12. The van der Waals surface area contributed by atoms with Crippen molar-refractivity contribution < 1.29 is 0 Å². The fraction of sp³-hybridized carbons (Fsp3) is 0. The van der Waals surface area contributed by atoms with E-state index in [0.717, 1.165) is 11.4 Å². The van der Waals surface area contributed by atoms with Crippen molar-refractivity contribution in [2.45, 2.75) is 0 Å². The summed E-state index contributed by atoms with van der Waals surface area (Å²) in [4.78, 5) is 2.43. The molecule has 11 rings (SSSR count). The average Bonchev–Trinajstić information content (AvgIpc) is 3.63. The van der Waals surface area contributed by atoms with Gasteiger partial charge in [-0.05, 0) is 108 Å². The quantitative estimate of drug-likeness (QED) is 0.161. The molecule has 2 heteroatoms. The third-order valence-corrected chi connectivity index (χ3v) is 12.2. The van der Waals surface area contributed by atoms with E-state index in [1.54, 1.807) is 0 Å². The predicted octanol–water partition coefficient (Wildman–Crippen LogP) is 15.5. The van der Waals surface area contributed by atoms with Crippen LogP contribution in [-0.4, -0.2) is 0 Å². The van der Waals surface area contributed by atoms with Crippen LogP contribution in [0.15, 0.2) is 200 Å². The second kappa shape index (κ2) is 12.4. The number of benzene rings is 10. The van der Waals surface area contributed by atoms with E-state index >= 15 is 0 Å². The van der Waals surface area contributed by atoms with Crippen LogP contribution in [0.5, 0.6) is 0 Å². The van der Waals surface area contributed by atoms with E-state index in [0.29, 0.717) is 0 Å². The predicted molar refractivity (Wildman–Crippen MR) is 235 cm³/mol. The lowest BCUT2D eigenvalue weighted by Crippen LogP contribution is -2.10. The topological polar surface area (TPSA) is 3.24 Å². The molecular weight excluding hydrogens is 671 g/mol. The Labute approximate surface area is 317 Å². The van der Waals surface area contributed by atoms with Crippen molar-refractivity contribution >= 4 is 91.7 Å². The van der Waals surface area contributed by atoms with Crippen LogP contribution in [0.4, 0.5) is 17.1 Å². The summed E-state index contributed by atoms with van der Waals surface area (Å²) in [6, 6.07) is 73.5. The lowest BCUT2D eigenvalue weighted by atomic mass is 9.91. The van der Waals surface area contributed by atoms with Gasteiger partial charge in [-0.15, -0.1) is 11.3 Å². The van der Waals surface area contributed by atoms with Crippen LogP contribution in [0.1, 0.15) is 0 Å². The minimum Gasteiger partial charge on any atom is -0.310 e. The van der Waals surface area contributed by atoms with Gasteiger partial charge in [0.25, 0.3) is 0 Å². The van der Waals surface area contributed by atoms with E-state index in [1.807, 2.05) is 11.3 Å². The third-order valence-electron chi connectivity index (χ3n) is 11.0. The first-order valence-corrected chi connectivity index (χ1v) is 19.3. The Hall–Kier alpha value is -6.74. The second-order valence-corrected chi connectivity index (χ2v) is 15.1. The van der Waals surface area contributed by atoms with Gasteiger partial charge in [0.05, 0.1) is 5.69 Å². The van der Waals surface area contributed by atoms with Gasteiger partial charge in [-0.1, -0.05) is 158 Å². The summed E-state index contributed by atoms with van der Waals surface area (Å²) in [5.74, 6) is 0. The molecule has 54 heavy (non-hydrogen) atoms. The maximum Gasteiger partial charge on any atom is 0.0554 e. The largest absolute Gasteiger partial charge is 0.310 e. The Kier molecular flexibility index (Phi) is 7.11. The number of anilines is 3. The fourth-order valence-electron chi connectivity index (χ4n) is 8.54. The van der Waals surface area contributed by atoms with Gasteiger partial charge < -0.3 is 4.90 Å². The van der Waals surface area contributed by atoms with Crippen LogP contribution in [-0.2, 0) is 0 Å². The van der Waals surface area contributed by atoms with Crippen molar-refractivity contribution in [2.24, 2.45) is 0 Å². The normalized spacial score (nSPS) is 11.7. The number of rotatable bonds is 5. The smallest absolute Gasteiger partial charge is 0.0554 e. The van der Waals surface area contributed by atoms with Crippen molar-refractivity contribution in [2.75, 3.05) is 4.90 Å². The van der Waals surface area contributed by atoms with Crippen molar-refractivity contribution in [1.82, 2.24) is 0 Å². The van der Waals surface area contributed by atoms with Crippen LogP contribution in [0.2, 0.25) is 0 Å². The number of hydrogen-bond donors (Lipinski definition) is 0.